The van der Waals surface area contributed by atoms with E-state index in [1.54, 1.807) is 12.0 Å². The molecule has 8 fully saturated rings. The largest absolute Gasteiger partial charge is 0.446 e. The number of carbonyl (C=O) groups is 2. The SMILES string of the molecule is COCCN1CCN(C(=O)OC2CCC34CC35CCC3(C)C6C(C)CC(C(OC(=O)N7CCC7)C(C)C)OC6C(O)C3(N)C5CCC4C2(C)C)CC1. The number of nitrogens with zero attached hydrogens (tertiary/aromatic N) is 3. The third kappa shape index (κ3) is 5.20. The fraction of sp³-hybridized carbons (Fsp3) is 0.951. The molecule has 5 aliphatic carbocycles. The molecule has 11 heteroatoms. The van der Waals surface area contributed by atoms with Crippen LogP contribution in [0.5, 0.6) is 0 Å². The molecule has 0 bridgehead atoms. The molecule has 0 radical (unpaired) electrons. The fourth-order valence-electron chi connectivity index (χ4n) is 14.3. The number of aliphatic hydroxyl groups excluding tert-OH is 1. The second-order valence-corrected chi connectivity index (χ2v) is 19.8. The molecule has 8 rings (SSSR count). The number of aliphatic hydroxyl groups is 1. The van der Waals surface area contributed by atoms with Gasteiger partial charge in [-0.15, -0.1) is 0 Å². The zero-order valence-corrected chi connectivity index (χ0v) is 33.1. The van der Waals surface area contributed by atoms with Crippen molar-refractivity contribution in [2.45, 2.75) is 135 Å². The van der Waals surface area contributed by atoms with Crippen LogP contribution in [0.25, 0.3) is 0 Å². The first-order valence-corrected chi connectivity index (χ1v) is 20.9. The number of ether oxygens (including phenoxy) is 4. The minimum Gasteiger partial charge on any atom is -0.446 e. The van der Waals surface area contributed by atoms with Crippen LogP contribution in [0.2, 0.25) is 0 Å². The maximum Gasteiger partial charge on any atom is 0.410 e. The van der Waals surface area contributed by atoms with Crippen LogP contribution < -0.4 is 5.73 Å². The minimum atomic E-state index is -0.775. The van der Waals surface area contributed by atoms with Crippen molar-refractivity contribution in [3.05, 3.63) is 0 Å². The van der Waals surface area contributed by atoms with Gasteiger partial charge in [-0.05, 0) is 104 Å². The molecule has 2 spiro atoms. The van der Waals surface area contributed by atoms with Crippen LogP contribution in [0, 0.1) is 51.2 Å². The van der Waals surface area contributed by atoms with Crippen LogP contribution in [-0.4, -0.2) is 128 Å². The molecule has 11 nitrogen and oxygen atoms in total. The number of likely N-dealkylation sites (tertiary alicyclic amines) is 1. The number of hydrogen-bond acceptors (Lipinski definition) is 9. The van der Waals surface area contributed by atoms with Gasteiger partial charge in [-0.2, -0.15) is 0 Å². The molecule has 8 aliphatic rings. The topological polar surface area (TPSA) is 127 Å². The van der Waals surface area contributed by atoms with Gasteiger partial charge in [-0.3, -0.25) is 4.90 Å². The van der Waals surface area contributed by atoms with E-state index in [9.17, 15) is 14.7 Å². The molecule has 2 amide bonds. The third-order valence-corrected chi connectivity index (χ3v) is 17.1. The standard InChI is InChI=1S/C41H68N4O7/c1-25(2)32(52-36(48)44-15-8-16-44)27-23-26(3)31-33(50-27)34(46)41(42)29-10-9-28-37(4,5)30(11-12-39(28)24-40(29,39)14-13-38(31,41)6)51-35(47)45-19-17-43(18-20-45)21-22-49-7/h25-34,46H,8-24,42H2,1-7H3. The monoisotopic (exact) mass is 729 g/mol. The predicted molar refractivity (Wildman–Crippen MR) is 196 cm³/mol. The normalized spacial score (nSPS) is 46.9. The summed E-state index contributed by atoms with van der Waals surface area (Å²) in [5, 5.41) is 12.6. The Morgan fingerprint density at radius 2 is 1.60 bits per heavy atom. The predicted octanol–water partition coefficient (Wildman–Crippen LogP) is 5.13. The van der Waals surface area contributed by atoms with E-state index in [1.807, 2.05) is 4.90 Å². The molecule has 13 atom stereocenters. The lowest BCUT2D eigenvalue weighted by Gasteiger charge is -2.63. The molecule has 13 unspecified atom stereocenters. The first kappa shape index (κ1) is 37.3. The number of piperazine rings is 1. The lowest BCUT2D eigenvalue weighted by Crippen LogP contribution is -2.70. The van der Waals surface area contributed by atoms with Gasteiger partial charge in [-0.25, -0.2) is 9.59 Å². The molecule has 3 aliphatic heterocycles. The second-order valence-electron chi connectivity index (χ2n) is 19.8. The summed E-state index contributed by atoms with van der Waals surface area (Å²) in [4.78, 5) is 32.5. The van der Waals surface area contributed by atoms with E-state index in [0.29, 0.717) is 25.6 Å². The number of rotatable bonds is 7. The van der Waals surface area contributed by atoms with Crippen molar-refractivity contribution in [3.8, 4) is 0 Å². The zero-order valence-electron chi connectivity index (χ0n) is 33.1. The first-order valence-electron chi connectivity index (χ1n) is 20.9. The Hall–Kier alpha value is -1.66. The van der Waals surface area contributed by atoms with Gasteiger partial charge in [0.05, 0.1) is 30.5 Å². The van der Waals surface area contributed by atoms with Gasteiger partial charge in [0.25, 0.3) is 0 Å². The summed E-state index contributed by atoms with van der Waals surface area (Å²) >= 11 is 0. The summed E-state index contributed by atoms with van der Waals surface area (Å²) in [7, 11) is 1.73. The quantitative estimate of drug-likeness (QED) is 0.367. The maximum absolute atomic E-state index is 13.5. The average Bonchev–Trinajstić information content (AvgIpc) is 3.71. The van der Waals surface area contributed by atoms with E-state index in [2.05, 4.69) is 46.4 Å². The van der Waals surface area contributed by atoms with E-state index in [1.165, 1.54) is 6.42 Å². The highest BCUT2D eigenvalue weighted by molar-refractivity contribution is 5.69. The smallest absolute Gasteiger partial charge is 0.410 e. The molecular weight excluding hydrogens is 660 g/mol. The van der Waals surface area contributed by atoms with Gasteiger partial charge in [-0.1, -0.05) is 41.5 Å². The summed E-state index contributed by atoms with van der Waals surface area (Å²) in [6, 6.07) is 0. The van der Waals surface area contributed by atoms with Crippen molar-refractivity contribution in [2.24, 2.45) is 57.0 Å². The molecule has 3 saturated heterocycles. The highest BCUT2D eigenvalue weighted by Crippen LogP contribution is 2.87. The Balaban J connectivity index is 0.977. The summed E-state index contributed by atoms with van der Waals surface area (Å²) in [5.41, 5.74) is 7.00. The summed E-state index contributed by atoms with van der Waals surface area (Å²) in [5.74, 6) is 1.21. The third-order valence-electron chi connectivity index (χ3n) is 17.1. The number of hydrogen-bond donors (Lipinski definition) is 2. The number of methoxy groups -OCH3 is 1. The highest BCUT2D eigenvalue weighted by atomic mass is 16.6. The fourth-order valence-corrected chi connectivity index (χ4v) is 14.3. The molecule has 5 saturated carbocycles. The maximum atomic E-state index is 13.5. The van der Waals surface area contributed by atoms with Gasteiger partial charge in [0.1, 0.15) is 12.2 Å². The highest BCUT2D eigenvalue weighted by Gasteiger charge is 2.85. The van der Waals surface area contributed by atoms with E-state index in [4.69, 9.17) is 24.7 Å². The van der Waals surface area contributed by atoms with Gasteiger partial charge in [0, 0.05) is 58.3 Å². The van der Waals surface area contributed by atoms with E-state index >= 15 is 0 Å². The summed E-state index contributed by atoms with van der Waals surface area (Å²) in [6.07, 6.45) is 6.83. The van der Waals surface area contributed by atoms with Crippen LogP contribution in [-0.2, 0) is 18.9 Å². The Morgan fingerprint density at radius 1 is 0.923 bits per heavy atom. The van der Waals surface area contributed by atoms with E-state index in [-0.39, 0.29) is 81.9 Å². The van der Waals surface area contributed by atoms with Crippen molar-refractivity contribution in [3.63, 3.8) is 0 Å². The Kier molecular flexibility index (Phi) is 9.29. The van der Waals surface area contributed by atoms with Gasteiger partial charge in [0.2, 0.25) is 0 Å². The molecular formula is C41H68N4O7. The number of nitrogens with two attached hydrogens (primary N) is 1. The summed E-state index contributed by atoms with van der Waals surface area (Å²) in [6.45, 7) is 19.8. The Bertz CT molecular complexity index is 1380. The Labute approximate surface area is 311 Å². The van der Waals surface area contributed by atoms with Crippen molar-refractivity contribution in [2.75, 3.05) is 59.5 Å². The minimum absolute atomic E-state index is 0.0983. The lowest BCUT2D eigenvalue weighted by molar-refractivity contribution is -0.180. The van der Waals surface area contributed by atoms with Crippen molar-refractivity contribution in [1.29, 1.82) is 0 Å². The van der Waals surface area contributed by atoms with Crippen LogP contribution in [0.4, 0.5) is 9.59 Å². The zero-order chi connectivity index (χ0) is 37.0. The van der Waals surface area contributed by atoms with Crippen molar-refractivity contribution < 1.29 is 33.6 Å². The molecule has 0 aromatic heterocycles. The van der Waals surface area contributed by atoms with Gasteiger partial charge >= 0.3 is 12.2 Å². The molecule has 294 valence electrons. The van der Waals surface area contributed by atoms with Crippen LogP contribution in [0.1, 0.15) is 99.3 Å². The van der Waals surface area contributed by atoms with Crippen LogP contribution in [0.3, 0.4) is 0 Å². The Morgan fingerprint density at radius 3 is 2.25 bits per heavy atom. The van der Waals surface area contributed by atoms with Crippen molar-refractivity contribution >= 4 is 12.2 Å². The van der Waals surface area contributed by atoms with Crippen LogP contribution in [0.15, 0.2) is 0 Å². The van der Waals surface area contributed by atoms with Gasteiger partial charge < -0.3 is 39.6 Å². The number of fused-ring (bicyclic) bond motifs is 4. The van der Waals surface area contributed by atoms with Crippen LogP contribution >= 0.6 is 0 Å². The van der Waals surface area contributed by atoms with Crippen molar-refractivity contribution in [1.82, 2.24) is 14.7 Å². The number of carbonyl (C=O) groups excluding carboxylic acids is 2. The van der Waals surface area contributed by atoms with E-state index < -0.39 is 11.6 Å². The van der Waals surface area contributed by atoms with Gasteiger partial charge in [0.15, 0.2) is 0 Å². The van der Waals surface area contributed by atoms with E-state index in [0.717, 1.165) is 84.1 Å². The summed E-state index contributed by atoms with van der Waals surface area (Å²) < 4.78 is 24.8. The molecule has 0 aromatic rings. The molecule has 0 aromatic carbocycles. The second kappa shape index (κ2) is 13.0. The average molecular weight is 729 g/mol. The molecule has 3 heterocycles. The molecule has 3 N–H and O–H groups in total. The number of amides is 2. The first-order chi connectivity index (χ1) is 24.6. The molecule has 52 heavy (non-hydrogen) atoms. The lowest BCUT2D eigenvalue weighted by atomic mass is 9.43.